The standard InChI is InChI=1S/C11H19N5O2/c1-3-15-11(10(16(17)18)8(2)14-15)13-7-6-12-9-4-5-9/h9,12-13H,3-7H2,1-2H3. The van der Waals surface area contributed by atoms with E-state index in [1.54, 1.807) is 11.6 Å². The second kappa shape index (κ2) is 5.34. The predicted octanol–water partition coefficient (Wildman–Crippen LogP) is 1.28. The summed E-state index contributed by atoms with van der Waals surface area (Å²) in [5.74, 6) is 0.512. The molecule has 2 rings (SSSR count). The summed E-state index contributed by atoms with van der Waals surface area (Å²) in [6, 6.07) is 0.652. The lowest BCUT2D eigenvalue weighted by Gasteiger charge is -2.08. The average Bonchev–Trinajstić information content (AvgIpc) is 3.08. The number of aryl methyl sites for hydroxylation is 2. The van der Waals surface area contributed by atoms with Gasteiger partial charge in [0.1, 0.15) is 5.69 Å². The summed E-state index contributed by atoms with van der Waals surface area (Å²) in [5, 5.41) is 21.7. The zero-order valence-corrected chi connectivity index (χ0v) is 10.8. The van der Waals surface area contributed by atoms with E-state index in [1.807, 2.05) is 6.92 Å². The molecule has 2 N–H and O–H groups in total. The van der Waals surface area contributed by atoms with Crippen LogP contribution in [0.15, 0.2) is 0 Å². The van der Waals surface area contributed by atoms with Crippen LogP contribution < -0.4 is 10.6 Å². The summed E-state index contributed by atoms with van der Waals surface area (Å²) >= 11 is 0. The minimum absolute atomic E-state index is 0.0864. The number of nitrogens with one attached hydrogen (secondary N) is 2. The Morgan fingerprint density at radius 3 is 2.78 bits per heavy atom. The van der Waals surface area contributed by atoms with E-state index < -0.39 is 0 Å². The summed E-state index contributed by atoms with van der Waals surface area (Å²) in [6.07, 6.45) is 2.48. The van der Waals surface area contributed by atoms with Crippen LogP contribution in [-0.4, -0.2) is 33.8 Å². The first kappa shape index (κ1) is 12.8. The molecule has 1 aromatic rings. The number of aromatic nitrogens is 2. The third-order valence-electron chi connectivity index (χ3n) is 3.01. The molecule has 100 valence electrons. The molecule has 0 atom stereocenters. The molecule has 0 unspecified atom stereocenters. The second-order valence-corrected chi connectivity index (χ2v) is 4.51. The zero-order chi connectivity index (χ0) is 13.1. The molecule has 1 aliphatic carbocycles. The highest BCUT2D eigenvalue weighted by Gasteiger charge is 2.24. The Balaban J connectivity index is 2.01. The molecular weight excluding hydrogens is 234 g/mol. The quantitative estimate of drug-likeness (QED) is 0.434. The van der Waals surface area contributed by atoms with Crippen molar-refractivity contribution in [3.8, 4) is 0 Å². The van der Waals surface area contributed by atoms with E-state index in [1.165, 1.54) is 12.8 Å². The van der Waals surface area contributed by atoms with E-state index in [0.29, 0.717) is 30.6 Å². The van der Waals surface area contributed by atoms with Crippen LogP contribution in [0.1, 0.15) is 25.5 Å². The van der Waals surface area contributed by atoms with E-state index in [2.05, 4.69) is 15.7 Å². The molecule has 0 aromatic carbocycles. The predicted molar refractivity (Wildman–Crippen MR) is 68.8 cm³/mol. The molecule has 0 aliphatic heterocycles. The lowest BCUT2D eigenvalue weighted by atomic mass is 10.4. The lowest BCUT2D eigenvalue weighted by molar-refractivity contribution is -0.384. The van der Waals surface area contributed by atoms with Crippen LogP contribution in [0.3, 0.4) is 0 Å². The van der Waals surface area contributed by atoms with Crippen LogP contribution in [-0.2, 0) is 6.54 Å². The molecule has 1 aromatic heterocycles. The normalized spacial score (nSPS) is 14.8. The van der Waals surface area contributed by atoms with E-state index in [-0.39, 0.29) is 10.6 Å². The first-order valence-corrected chi connectivity index (χ1v) is 6.32. The van der Waals surface area contributed by atoms with Gasteiger partial charge >= 0.3 is 5.69 Å². The van der Waals surface area contributed by atoms with Crippen molar-refractivity contribution in [3.63, 3.8) is 0 Å². The largest absolute Gasteiger partial charge is 0.363 e. The van der Waals surface area contributed by atoms with Gasteiger partial charge in [0.2, 0.25) is 5.82 Å². The van der Waals surface area contributed by atoms with Gasteiger partial charge in [-0.3, -0.25) is 10.1 Å². The minimum atomic E-state index is -0.370. The van der Waals surface area contributed by atoms with E-state index in [0.717, 1.165) is 6.54 Å². The van der Waals surface area contributed by atoms with Crippen molar-refractivity contribution in [3.05, 3.63) is 15.8 Å². The second-order valence-electron chi connectivity index (χ2n) is 4.51. The van der Waals surface area contributed by atoms with Crippen molar-refractivity contribution in [1.82, 2.24) is 15.1 Å². The SMILES string of the molecule is CCn1nc(C)c([N+](=O)[O-])c1NCCNC1CC1. The third kappa shape index (κ3) is 2.79. The van der Waals surface area contributed by atoms with Gasteiger partial charge in [-0.05, 0) is 26.7 Å². The Hall–Kier alpha value is -1.63. The van der Waals surface area contributed by atoms with Gasteiger partial charge < -0.3 is 10.6 Å². The first-order chi connectivity index (χ1) is 8.63. The minimum Gasteiger partial charge on any atom is -0.363 e. The van der Waals surface area contributed by atoms with Crippen LogP contribution in [0.2, 0.25) is 0 Å². The summed E-state index contributed by atoms with van der Waals surface area (Å²) in [5.41, 5.74) is 0.544. The number of hydrogen-bond donors (Lipinski definition) is 2. The first-order valence-electron chi connectivity index (χ1n) is 6.32. The number of nitrogens with zero attached hydrogens (tertiary/aromatic N) is 3. The molecule has 7 heteroatoms. The maximum absolute atomic E-state index is 11.0. The van der Waals surface area contributed by atoms with Gasteiger partial charge in [0.15, 0.2) is 0 Å². The molecular formula is C11H19N5O2. The van der Waals surface area contributed by atoms with Gasteiger partial charge in [0, 0.05) is 25.7 Å². The van der Waals surface area contributed by atoms with Gasteiger partial charge in [0.05, 0.1) is 4.92 Å². The Morgan fingerprint density at radius 2 is 2.22 bits per heavy atom. The third-order valence-corrected chi connectivity index (χ3v) is 3.01. The van der Waals surface area contributed by atoms with Gasteiger partial charge in [-0.15, -0.1) is 0 Å². The maximum atomic E-state index is 11.0. The fourth-order valence-corrected chi connectivity index (χ4v) is 1.94. The average molecular weight is 253 g/mol. The Labute approximate surface area is 106 Å². The van der Waals surface area contributed by atoms with E-state index in [9.17, 15) is 10.1 Å². The maximum Gasteiger partial charge on any atom is 0.333 e. The molecule has 1 heterocycles. The summed E-state index contributed by atoms with van der Waals surface area (Å²) in [7, 11) is 0. The molecule has 0 amide bonds. The molecule has 1 fully saturated rings. The number of rotatable bonds is 7. The van der Waals surface area contributed by atoms with Crippen molar-refractivity contribution < 1.29 is 4.92 Å². The molecule has 1 aliphatic rings. The molecule has 18 heavy (non-hydrogen) atoms. The van der Waals surface area contributed by atoms with Crippen molar-refractivity contribution in [2.24, 2.45) is 0 Å². The van der Waals surface area contributed by atoms with Crippen LogP contribution >= 0.6 is 0 Å². The summed E-state index contributed by atoms with van der Waals surface area (Å²) in [6.45, 7) is 5.69. The van der Waals surface area contributed by atoms with Gasteiger partial charge in [-0.2, -0.15) is 5.10 Å². The molecule has 0 radical (unpaired) electrons. The van der Waals surface area contributed by atoms with Gasteiger partial charge in [0.25, 0.3) is 0 Å². The highest BCUT2D eigenvalue weighted by molar-refractivity contribution is 5.59. The van der Waals surface area contributed by atoms with Crippen LogP contribution in [0.25, 0.3) is 0 Å². The number of hydrogen-bond acceptors (Lipinski definition) is 5. The fraction of sp³-hybridized carbons (Fsp3) is 0.727. The van der Waals surface area contributed by atoms with E-state index in [4.69, 9.17) is 0 Å². The number of nitro groups is 1. The van der Waals surface area contributed by atoms with Gasteiger partial charge in [-0.1, -0.05) is 0 Å². The number of anilines is 1. The van der Waals surface area contributed by atoms with Crippen LogP contribution in [0.5, 0.6) is 0 Å². The molecule has 0 saturated heterocycles. The van der Waals surface area contributed by atoms with Crippen LogP contribution in [0.4, 0.5) is 11.5 Å². The smallest absolute Gasteiger partial charge is 0.333 e. The monoisotopic (exact) mass is 253 g/mol. The van der Waals surface area contributed by atoms with Crippen molar-refractivity contribution in [1.29, 1.82) is 0 Å². The fourth-order valence-electron chi connectivity index (χ4n) is 1.94. The van der Waals surface area contributed by atoms with Crippen LogP contribution in [0, 0.1) is 17.0 Å². The highest BCUT2D eigenvalue weighted by atomic mass is 16.6. The Bertz CT molecular complexity index is 439. The summed E-state index contributed by atoms with van der Waals surface area (Å²) < 4.78 is 1.64. The molecule has 7 nitrogen and oxygen atoms in total. The topological polar surface area (TPSA) is 85.0 Å². The molecule has 0 spiro atoms. The molecule has 0 bridgehead atoms. The Morgan fingerprint density at radius 1 is 1.50 bits per heavy atom. The zero-order valence-electron chi connectivity index (χ0n) is 10.8. The van der Waals surface area contributed by atoms with Gasteiger partial charge in [-0.25, -0.2) is 4.68 Å². The molecule has 1 saturated carbocycles. The lowest BCUT2D eigenvalue weighted by Crippen LogP contribution is -2.24. The van der Waals surface area contributed by atoms with Crippen molar-refractivity contribution >= 4 is 11.5 Å². The van der Waals surface area contributed by atoms with Crippen molar-refractivity contribution in [2.45, 2.75) is 39.3 Å². The highest BCUT2D eigenvalue weighted by Crippen LogP contribution is 2.27. The van der Waals surface area contributed by atoms with E-state index >= 15 is 0 Å². The van der Waals surface area contributed by atoms with Crippen molar-refractivity contribution in [2.75, 3.05) is 18.4 Å². The summed E-state index contributed by atoms with van der Waals surface area (Å²) in [4.78, 5) is 10.6. The Kier molecular flexibility index (Phi) is 3.81.